The van der Waals surface area contributed by atoms with E-state index >= 15 is 0 Å². The van der Waals surface area contributed by atoms with E-state index in [1.807, 2.05) is 6.92 Å². The molecule has 0 aromatic rings. The van der Waals surface area contributed by atoms with Crippen LogP contribution in [0.3, 0.4) is 0 Å². The second-order valence-corrected chi connectivity index (χ2v) is 6.84. The van der Waals surface area contributed by atoms with Crippen molar-refractivity contribution in [3.05, 3.63) is 0 Å². The van der Waals surface area contributed by atoms with E-state index < -0.39 is 17.4 Å². The standard InChI is InChI=1S/C19H36O4/c1-3-5-6-7-8-9-10-11-12-13-15-19(14-4-2,18(22)23)16-17(20)21/h3-16H2,1-2H3,(H,20,21)(H,22,23). The zero-order chi connectivity index (χ0) is 17.6. The molecule has 0 bridgehead atoms. The highest BCUT2D eigenvalue weighted by Crippen LogP contribution is 2.35. The fourth-order valence-electron chi connectivity index (χ4n) is 3.31. The second-order valence-electron chi connectivity index (χ2n) is 6.84. The Kier molecular flexibility index (Phi) is 12.8. The normalized spacial score (nSPS) is 13.7. The average molecular weight is 328 g/mol. The summed E-state index contributed by atoms with van der Waals surface area (Å²) in [6.07, 6.45) is 13.4. The summed E-state index contributed by atoms with van der Waals surface area (Å²) in [6.45, 7) is 4.14. The molecule has 0 spiro atoms. The van der Waals surface area contributed by atoms with Gasteiger partial charge in [0.25, 0.3) is 0 Å². The van der Waals surface area contributed by atoms with Crippen molar-refractivity contribution < 1.29 is 19.8 Å². The summed E-state index contributed by atoms with van der Waals surface area (Å²) in [4.78, 5) is 22.6. The predicted molar refractivity (Wildman–Crippen MR) is 93.7 cm³/mol. The lowest BCUT2D eigenvalue weighted by molar-refractivity contribution is -0.157. The minimum absolute atomic E-state index is 0.256. The van der Waals surface area contributed by atoms with Crippen molar-refractivity contribution in [2.45, 2.75) is 104 Å². The van der Waals surface area contributed by atoms with Crippen molar-refractivity contribution in [3.8, 4) is 0 Å². The van der Waals surface area contributed by atoms with E-state index in [9.17, 15) is 14.7 Å². The van der Waals surface area contributed by atoms with E-state index in [4.69, 9.17) is 5.11 Å². The zero-order valence-corrected chi connectivity index (χ0v) is 15.1. The number of carboxylic acids is 2. The molecular formula is C19H36O4. The van der Waals surface area contributed by atoms with Crippen LogP contribution in [0, 0.1) is 5.41 Å². The molecule has 1 atom stereocenters. The summed E-state index contributed by atoms with van der Waals surface area (Å²) in [5.41, 5.74) is -1.07. The van der Waals surface area contributed by atoms with Crippen LogP contribution < -0.4 is 0 Å². The monoisotopic (exact) mass is 328 g/mol. The highest BCUT2D eigenvalue weighted by Gasteiger charge is 2.39. The van der Waals surface area contributed by atoms with Gasteiger partial charge in [-0.15, -0.1) is 0 Å². The number of aliphatic carboxylic acids is 2. The van der Waals surface area contributed by atoms with Crippen LogP contribution >= 0.6 is 0 Å². The van der Waals surface area contributed by atoms with Gasteiger partial charge < -0.3 is 10.2 Å². The van der Waals surface area contributed by atoms with Gasteiger partial charge in [0.15, 0.2) is 0 Å². The van der Waals surface area contributed by atoms with Crippen LogP contribution in [0.15, 0.2) is 0 Å². The van der Waals surface area contributed by atoms with Crippen LogP contribution in [-0.4, -0.2) is 22.2 Å². The molecule has 1 unspecified atom stereocenters. The van der Waals surface area contributed by atoms with Gasteiger partial charge in [0.1, 0.15) is 0 Å². The molecule has 0 saturated carbocycles. The van der Waals surface area contributed by atoms with Crippen LogP contribution in [0.4, 0.5) is 0 Å². The second kappa shape index (κ2) is 13.4. The van der Waals surface area contributed by atoms with Crippen molar-refractivity contribution in [2.24, 2.45) is 5.41 Å². The summed E-state index contributed by atoms with van der Waals surface area (Å²) in [7, 11) is 0. The number of rotatable bonds is 16. The van der Waals surface area contributed by atoms with Crippen molar-refractivity contribution in [3.63, 3.8) is 0 Å². The fraction of sp³-hybridized carbons (Fsp3) is 0.895. The van der Waals surface area contributed by atoms with Crippen LogP contribution in [0.5, 0.6) is 0 Å². The molecule has 0 rings (SSSR count). The van der Waals surface area contributed by atoms with Gasteiger partial charge >= 0.3 is 11.9 Å². The molecule has 0 aliphatic heterocycles. The molecule has 0 aromatic carbocycles. The van der Waals surface area contributed by atoms with E-state index in [2.05, 4.69) is 6.92 Å². The molecule has 23 heavy (non-hydrogen) atoms. The molecule has 4 nitrogen and oxygen atoms in total. The minimum Gasteiger partial charge on any atom is -0.481 e. The Morgan fingerprint density at radius 1 is 0.696 bits per heavy atom. The molecule has 0 heterocycles. The van der Waals surface area contributed by atoms with E-state index in [0.29, 0.717) is 19.3 Å². The van der Waals surface area contributed by atoms with E-state index in [1.54, 1.807) is 0 Å². The first kappa shape index (κ1) is 21.9. The van der Waals surface area contributed by atoms with Gasteiger partial charge in [-0.25, -0.2) is 0 Å². The summed E-state index contributed by atoms with van der Waals surface area (Å²) >= 11 is 0. The molecule has 2 N–H and O–H groups in total. The van der Waals surface area contributed by atoms with Crippen LogP contribution in [0.1, 0.15) is 104 Å². The number of unbranched alkanes of at least 4 members (excludes halogenated alkanes) is 9. The Hall–Kier alpha value is -1.06. The van der Waals surface area contributed by atoms with Crippen molar-refractivity contribution >= 4 is 11.9 Å². The van der Waals surface area contributed by atoms with Gasteiger partial charge in [0.2, 0.25) is 0 Å². The van der Waals surface area contributed by atoms with Crippen molar-refractivity contribution in [1.82, 2.24) is 0 Å². The smallest absolute Gasteiger partial charge is 0.310 e. The molecule has 0 aromatic heterocycles. The first-order valence-electron chi connectivity index (χ1n) is 9.43. The number of carbonyl (C=O) groups is 2. The first-order chi connectivity index (χ1) is 11.0. The van der Waals surface area contributed by atoms with Crippen LogP contribution in [0.2, 0.25) is 0 Å². The van der Waals surface area contributed by atoms with Crippen molar-refractivity contribution in [1.29, 1.82) is 0 Å². The molecular weight excluding hydrogens is 292 g/mol. The number of carboxylic acid groups (broad SMARTS) is 2. The molecule has 0 aliphatic carbocycles. The van der Waals surface area contributed by atoms with Gasteiger partial charge in [0, 0.05) is 0 Å². The third-order valence-electron chi connectivity index (χ3n) is 4.68. The minimum atomic E-state index is -1.07. The summed E-state index contributed by atoms with van der Waals surface area (Å²) in [5, 5.41) is 18.5. The molecule has 0 amide bonds. The summed E-state index contributed by atoms with van der Waals surface area (Å²) in [6, 6.07) is 0. The Labute approximate surface area is 141 Å². The average Bonchev–Trinajstić information content (AvgIpc) is 2.48. The predicted octanol–water partition coefficient (Wildman–Crippen LogP) is 5.64. The summed E-state index contributed by atoms with van der Waals surface area (Å²) < 4.78 is 0. The number of hydrogen-bond donors (Lipinski definition) is 2. The first-order valence-corrected chi connectivity index (χ1v) is 9.43. The maximum absolute atomic E-state index is 11.6. The van der Waals surface area contributed by atoms with Gasteiger partial charge in [-0.1, -0.05) is 84.5 Å². The highest BCUT2D eigenvalue weighted by atomic mass is 16.4. The zero-order valence-electron chi connectivity index (χ0n) is 15.1. The van der Waals surface area contributed by atoms with Gasteiger partial charge in [0.05, 0.1) is 11.8 Å². The van der Waals surface area contributed by atoms with Gasteiger partial charge in [-0.05, 0) is 12.8 Å². The lowest BCUT2D eigenvalue weighted by atomic mass is 9.76. The van der Waals surface area contributed by atoms with E-state index in [0.717, 1.165) is 19.3 Å². The molecule has 0 aliphatic rings. The summed E-state index contributed by atoms with van der Waals surface area (Å²) in [5.74, 6) is -1.95. The quantitative estimate of drug-likeness (QED) is 0.359. The molecule has 0 fully saturated rings. The van der Waals surface area contributed by atoms with Crippen molar-refractivity contribution in [2.75, 3.05) is 0 Å². The highest BCUT2D eigenvalue weighted by molar-refractivity contribution is 5.81. The number of hydrogen-bond acceptors (Lipinski definition) is 2. The lowest BCUT2D eigenvalue weighted by Crippen LogP contribution is -2.33. The maximum atomic E-state index is 11.6. The molecule has 136 valence electrons. The Morgan fingerprint density at radius 3 is 1.57 bits per heavy atom. The third-order valence-corrected chi connectivity index (χ3v) is 4.68. The largest absolute Gasteiger partial charge is 0.481 e. The topological polar surface area (TPSA) is 74.6 Å². The lowest BCUT2D eigenvalue weighted by Gasteiger charge is -2.27. The van der Waals surface area contributed by atoms with E-state index in [-0.39, 0.29) is 6.42 Å². The van der Waals surface area contributed by atoms with Crippen LogP contribution in [-0.2, 0) is 9.59 Å². The SMILES string of the molecule is CCCCCCCCCCCCC(CCC)(CC(=O)O)C(=O)O. The Balaban J connectivity index is 3.95. The molecule has 4 heteroatoms. The van der Waals surface area contributed by atoms with E-state index in [1.165, 1.54) is 44.9 Å². The Morgan fingerprint density at radius 2 is 1.17 bits per heavy atom. The third kappa shape index (κ3) is 10.4. The Bertz CT molecular complexity index is 327. The maximum Gasteiger partial charge on any atom is 0.310 e. The van der Waals surface area contributed by atoms with Crippen LogP contribution in [0.25, 0.3) is 0 Å². The molecule has 0 radical (unpaired) electrons. The molecule has 0 saturated heterocycles. The van der Waals surface area contributed by atoms with Gasteiger partial charge in [-0.2, -0.15) is 0 Å². The fourth-order valence-corrected chi connectivity index (χ4v) is 3.31. The van der Waals surface area contributed by atoms with Gasteiger partial charge in [-0.3, -0.25) is 9.59 Å².